The van der Waals surface area contributed by atoms with Gasteiger partial charge in [0, 0.05) is 32.5 Å². The Morgan fingerprint density at radius 3 is 2.20 bits per heavy atom. The Bertz CT molecular complexity index is 1360. The van der Waals surface area contributed by atoms with Crippen LogP contribution < -0.4 is 9.62 Å². The van der Waals surface area contributed by atoms with Crippen LogP contribution in [0.4, 0.5) is 10.1 Å². The highest BCUT2D eigenvalue weighted by Gasteiger charge is 2.30. The van der Waals surface area contributed by atoms with Crippen molar-refractivity contribution < 1.29 is 22.4 Å². The van der Waals surface area contributed by atoms with E-state index in [0.29, 0.717) is 24.2 Å². The number of benzene rings is 3. The number of hydrogen-bond donors (Lipinski definition) is 1. The second kappa shape index (κ2) is 14.6. The number of sulfonamides is 1. The Kier molecular flexibility index (Phi) is 11.3. The van der Waals surface area contributed by atoms with E-state index in [1.54, 1.807) is 24.3 Å². The van der Waals surface area contributed by atoms with E-state index in [1.165, 1.54) is 21.3 Å². The van der Waals surface area contributed by atoms with Crippen LogP contribution in [-0.2, 0) is 32.6 Å². The smallest absolute Gasteiger partial charge is 0.243 e. The first-order chi connectivity index (χ1) is 19.1. The highest BCUT2D eigenvalue weighted by atomic mass is 32.2. The van der Waals surface area contributed by atoms with Crippen molar-refractivity contribution in [3.63, 3.8) is 0 Å². The van der Waals surface area contributed by atoms with Crippen LogP contribution in [0.2, 0.25) is 0 Å². The average Bonchev–Trinajstić information content (AvgIpc) is 2.93. The molecule has 0 aromatic heterocycles. The van der Waals surface area contributed by atoms with Gasteiger partial charge in [0.05, 0.1) is 11.9 Å². The van der Waals surface area contributed by atoms with Crippen molar-refractivity contribution >= 4 is 27.5 Å². The summed E-state index contributed by atoms with van der Waals surface area (Å²) in [6.45, 7) is 4.50. The molecule has 9 heteroatoms. The van der Waals surface area contributed by atoms with Gasteiger partial charge < -0.3 is 10.2 Å². The number of nitrogens with one attached hydrogen (secondary N) is 1. The van der Waals surface area contributed by atoms with Crippen LogP contribution in [0, 0.1) is 12.7 Å². The fourth-order valence-electron chi connectivity index (χ4n) is 4.53. The number of rotatable bonds is 14. The lowest BCUT2D eigenvalue weighted by atomic mass is 10.0. The van der Waals surface area contributed by atoms with Crippen molar-refractivity contribution in [2.45, 2.75) is 52.1 Å². The number of anilines is 1. The molecular formula is C31H38FN3O4S. The zero-order chi connectivity index (χ0) is 29.1. The number of amides is 2. The van der Waals surface area contributed by atoms with Crippen molar-refractivity contribution in [1.29, 1.82) is 0 Å². The molecule has 214 valence electrons. The zero-order valence-corrected chi connectivity index (χ0v) is 24.2. The number of nitrogens with zero attached hydrogens (tertiary/aromatic N) is 2. The predicted molar refractivity (Wildman–Crippen MR) is 157 cm³/mol. The van der Waals surface area contributed by atoms with Gasteiger partial charge in [-0.15, -0.1) is 0 Å². The van der Waals surface area contributed by atoms with E-state index in [-0.39, 0.29) is 43.6 Å². The molecule has 3 aromatic carbocycles. The minimum absolute atomic E-state index is 0.0332. The van der Waals surface area contributed by atoms with Gasteiger partial charge in [-0.05, 0) is 54.7 Å². The molecule has 0 fully saturated rings. The molecule has 0 saturated heterocycles. The first kappa shape index (κ1) is 30.8. The van der Waals surface area contributed by atoms with Crippen LogP contribution in [0.3, 0.4) is 0 Å². The molecule has 40 heavy (non-hydrogen) atoms. The second-order valence-corrected chi connectivity index (χ2v) is 11.8. The molecule has 0 spiro atoms. The molecule has 1 N–H and O–H groups in total. The van der Waals surface area contributed by atoms with Gasteiger partial charge in [0.1, 0.15) is 11.9 Å². The fourth-order valence-corrected chi connectivity index (χ4v) is 5.56. The monoisotopic (exact) mass is 567 g/mol. The Morgan fingerprint density at radius 2 is 1.57 bits per heavy atom. The van der Waals surface area contributed by atoms with Gasteiger partial charge in [0.25, 0.3) is 0 Å². The van der Waals surface area contributed by atoms with Gasteiger partial charge in [-0.25, -0.2) is 12.8 Å². The molecule has 0 unspecified atom stereocenters. The van der Waals surface area contributed by atoms with E-state index < -0.39 is 16.1 Å². The Balaban J connectivity index is 1.87. The van der Waals surface area contributed by atoms with Crippen LogP contribution in [-0.4, -0.2) is 50.5 Å². The summed E-state index contributed by atoms with van der Waals surface area (Å²) in [4.78, 5) is 28.7. The maximum absolute atomic E-state index is 13.8. The van der Waals surface area contributed by atoms with Gasteiger partial charge >= 0.3 is 0 Å². The lowest BCUT2D eigenvalue weighted by Gasteiger charge is -2.32. The number of para-hydroxylation sites is 1. The largest absolute Gasteiger partial charge is 0.354 e. The standard InChI is InChI=1S/C31H38FN3O4S/c1-4-20-33-31(37)29(22-25-12-6-5-7-13-25)34(23-26-16-18-27(32)19-17-26)30(36)15-10-21-35(40(3,38)39)28-14-9-8-11-24(28)2/h5-9,11-14,16-19,29H,4,10,15,20-23H2,1-3H3,(H,33,37)/t29-/m0/s1. The molecule has 1 atom stereocenters. The van der Waals surface area contributed by atoms with E-state index in [0.717, 1.165) is 23.8 Å². The van der Waals surface area contributed by atoms with Crippen molar-refractivity contribution in [2.75, 3.05) is 23.7 Å². The summed E-state index contributed by atoms with van der Waals surface area (Å²) in [5, 5.41) is 2.92. The van der Waals surface area contributed by atoms with Gasteiger partial charge in [-0.2, -0.15) is 0 Å². The Morgan fingerprint density at radius 1 is 0.925 bits per heavy atom. The summed E-state index contributed by atoms with van der Waals surface area (Å²) in [5.74, 6) is -0.936. The van der Waals surface area contributed by atoms with Crippen molar-refractivity contribution in [1.82, 2.24) is 10.2 Å². The summed E-state index contributed by atoms with van der Waals surface area (Å²) in [7, 11) is -3.58. The third-order valence-electron chi connectivity index (χ3n) is 6.62. The number of halogens is 1. The van der Waals surface area contributed by atoms with Crippen LogP contribution in [0.15, 0.2) is 78.9 Å². The first-order valence-electron chi connectivity index (χ1n) is 13.5. The van der Waals surface area contributed by atoms with Crippen molar-refractivity contribution in [2.24, 2.45) is 0 Å². The minimum atomic E-state index is -3.58. The third kappa shape index (κ3) is 8.91. The highest BCUT2D eigenvalue weighted by molar-refractivity contribution is 7.92. The van der Waals surface area contributed by atoms with E-state index in [2.05, 4.69) is 5.32 Å². The highest BCUT2D eigenvalue weighted by Crippen LogP contribution is 2.23. The van der Waals surface area contributed by atoms with Crippen LogP contribution >= 0.6 is 0 Å². The van der Waals surface area contributed by atoms with E-state index in [1.807, 2.05) is 56.3 Å². The van der Waals surface area contributed by atoms with Crippen LogP contribution in [0.25, 0.3) is 0 Å². The van der Waals surface area contributed by atoms with Gasteiger partial charge in [0.2, 0.25) is 21.8 Å². The average molecular weight is 568 g/mol. The molecular weight excluding hydrogens is 529 g/mol. The molecule has 0 aliphatic rings. The number of aryl methyl sites for hydroxylation is 1. The Labute approximate surface area is 237 Å². The molecule has 0 radical (unpaired) electrons. The van der Waals surface area contributed by atoms with E-state index in [4.69, 9.17) is 0 Å². The summed E-state index contributed by atoms with van der Waals surface area (Å²) < 4.78 is 40.1. The molecule has 2 amide bonds. The molecule has 3 rings (SSSR count). The SMILES string of the molecule is CCCNC(=O)[C@H](Cc1ccccc1)N(Cc1ccc(F)cc1)C(=O)CCCN(c1ccccc1C)S(C)(=O)=O. The predicted octanol–water partition coefficient (Wildman–Crippen LogP) is 4.85. The van der Waals surface area contributed by atoms with Crippen LogP contribution in [0.5, 0.6) is 0 Å². The molecule has 7 nitrogen and oxygen atoms in total. The fraction of sp³-hybridized carbons (Fsp3) is 0.355. The molecule has 0 bridgehead atoms. The number of carbonyl (C=O) groups is 2. The lowest BCUT2D eigenvalue weighted by Crippen LogP contribution is -2.50. The summed E-state index contributed by atoms with van der Waals surface area (Å²) in [5.41, 5.74) is 2.97. The maximum Gasteiger partial charge on any atom is 0.243 e. The summed E-state index contributed by atoms with van der Waals surface area (Å²) in [6.07, 6.45) is 2.49. The normalized spacial score (nSPS) is 12.0. The quantitative estimate of drug-likeness (QED) is 0.302. The minimum Gasteiger partial charge on any atom is -0.354 e. The van der Waals surface area contributed by atoms with Crippen LogP contribution in [0.1, 0.15) is 42.9 Å². The number of carbonyl (C=O) groups excluding carboxylic acids is 2. The first-order valence-corrected chi connectivity index (χ1v) is 15.3. The van der Waals surface area contributed by atoms with E-state index >= 15 is 0 Å². The molecule has 0 saturated carbocycles. The van der Waals surface area contributed by atoms with Gasteiger partial charge in [-0.1, -0.05) is 67.6 Å². The molecule has 3 aromatic rings. The van der Waals surface area contributed by atoms with Crippen molar-refractivity contribution in [3.05, 3.63) is 101 Å². The lowest BCUT2D eigenvalue weighted by molar-refractivity contribution is -0.141. The topological polar surface area (TPSA) is 86.8 Å². The number of hydrogen-bond acceptors (Lipinski definition) is 4. The molecule has 0 heterocycles. The van der Waals surface area contributed by atoms with Gasteiger partial charge in [0.15, 0.2) is 0 Å². The summed E-state index contributed by atoms with van der Waals surface area (Å²) >= 11 is 0. The second-order valence-electron chi connectivity index (χ2n) is 9.87. The molecule has 0 aliphatic heterocycles. The van der Waals surface area contributed by atoms with Gasteiger partial charge in [-0.3, -0.25) is 13.9 Å². The third-order valence-corrected chi connectivity index (χ3v) is 7.80. The Hall–Kier alpha value is -3.72. The van der Waals surface area contributed by atoms with Crippen molar-refractivity contribution in [3.8, 4) is 0 Å². The van der Waals surface area contributed by atoms with E-state index in [9.17, 15) is 22.4 Å². The maximum atomic E-state index is 13.8. The zero-order valence-electron chi connectivity index (χ0n) is 23.3. The summed E-state index contributed by atoms with van der Waals surface area (Å²) in [6, 6.07) is 21.7. The molecule has 0 aliphatic carbocycles.